The largest absolute Gasteiger partial charge is 0.480 e. The van der Waals surface area contributed by atoms with Crippen molar-refractivity contribution in [2.24, 2.45) is 11.7 Å². The fraction of sp³-hybridized carbons (Fsp3) is 0.769. The predicted octanol–water partition coefficient (Wildman–Crippen LogP) is 0.585. The highest BCUT2D eigenvalue weighted by atomic mass is 16.4. The van der Waals surface area contributed by atoms with Crippen LogP contribution in [0.5, 0.6) is 0 Å². The van der Waals surface area contributed by atoms with Crippen LogP contribution in [0.15, 0.2) is 0 Å². The molecule has 1 aliphatic rings. The molecule has 0 spiro atoms. The molecule has 3 amide bonds. The number of carboxylic acids is 1. The van der Waals surface area contributed by atoms with E-state index in [4.69, 9.17) is 5.73 Å². The molecule has 0 aromatic rings. The van der Waals surface area contributed by atoms with Gasteiger partial charge in [0.1, 0.15) is 6.04 Å². The van der Waals surface area contributed by atoms with E-state index in [0.717, 1.165) is 32.1 Å². The second-order valence-electron chi connectivity index (χ2n) is 5.18. The van der Waals surface area contributed by atoms with Gasteiger partial charge in [0, 0.05) is 13.0 Å². The molecule has 7 nitrogen and oxygen atoms in total. The maximum atomic E-state index is 11.6. The zero-order valence-corrected chi connectivity index (χ0v) is 11.6. The monoisotopic (exact) mass is 285 g/mol. The van der Waals surface area contributed by atoms with Gasteiger partial charge in [-0.1, -0.05) is 19.3 Å². The molecule has 0 aromatic carbocycles. The molecule has 1 atom stereocenters. The van der Waals surface area contributed by atoms with Crippen LogP contribution in [-0.2, 0) is 9.59 Å². The number of carbonyl (C=O) groups excluding carboxylic acids is 2. The molecule has 0 saturated heterocycles. The predicted molar refractivity (Wildman–Crippen MR) is 73.0 cm³/mol. The highest BCUT2D eigenvalue weighted by Gasteiger charge is 2.30. The smallest absolute Gasteiger partial charge is 0.326 e. The van der Waals surface area contributed by atoms with Crippen molar-refractivity contribution in [3.05, 3.63) is 0 Å². The van der Waals surface area contributed by atoms with E-state index in [1.165, 1.54) is 0 Å². The molecule has 0 aliphatic heterocycles. The molecule has 114 valence electrons. The number of carboxylic acid groups (broad SMARTS) is 1. The number of carbonyl (C=O) groups is 3. The number of primary amides is 1. The summed E-state index contributed by atoms with van der Waals surface area (Å²) < 4.78 is 0. The zero-order chi connectivity index (χ0) is 15.0. The minimum absolute atomic E-state index is 0.00220. The molecule has 0 radical (unpaired) electrons. The van der Waals surface area contributed by atoms with Crippen molar-refractivity contribution in [1.29, 1.82) is 0 Å². The average molecular weight is 285 g/mol. The lowest BCUT2D eigenvalue weighted by molar-refractivity contribution is -0.141. The molecular formula is C13H23N3O4. The van der Waals surface area contributed by atoms with E-state index in [1.54, 1.807) is 0 Å². The number of urea groups is 1. The van der Waals surface area contributed by atoms with Gasteiger partial charge in [-0.25, -0.2) is 9.59 Å². The maximum absolute atomic E-state index is 11.6. The van der Waals surface area contributed by atoms with Gasteiger partial charge in [-0.3, -0.25) is 4.79 Å². The Morgan fingerprint density at radius 3 is 2.40 bits per heavy atom. The fourth-order valence-corrected chi connectivity index (χ4v) is 2.51. The van der Waals surface area contributed by atoms with Gasteiger partial charge in [-0.15, -0.1) is 0 Å². The standard InChI is InChI=1S/C13H23N3O4/c14-10(17)7-4-8-15-13(20)16-11(12(18)19)9-5-2-1-3-6-9/h9,11H,1-8H2,(H2,14,17)(H,18,19)(H2,15,16,20). The summed E-state index contributed by atoms with van der Waals surface area (Å²) in [7, 11) is 0. The first-order chi connectivity index (χ1) is 9.50. The summed E-state index contributed by atoms with van der Waals surface area (Å²) in [6, 6.07) is -1.35. The summed E-state index contributed by atoms with van der Waals surface area (Å²) in [5.41, 5.74) is 4.98. The first-order valence-electron chi connectivity index (χ1n) is 7.06. The van der Waals surface area contributed by atoms with Crippen molar-refractivity contribution >= 4 is 17.9 Å². The van der Waals surface area contributed by atoms with Gasteiger partial charge in [-0.05, 0) is 25.2 Å². The van der Waals surface area contributed by atoms with Crippen molar-refractivity contribution < 1.29 is 19.5 Å². The Hall–Kier alpha value is -1.79. The number of hydrogen-bond donors (Lipinski definition) is 4. The van der Waals surface area contributed by atoms with E-state index in [0.29, 0.717) is 13.0 Å². The van der Waals surface area contributed by atoms with Gasteiger partial charge in [0.25, 0.3) is 0 Å². The maximum Gasteiger partial charge on any atom is 0.326 e. The highest BCUT2D eigenvalue weighted by molar-refractivity contribution is 5.82. The van der Waals surface area contributed by atoms with Crippen molar-refractivity contribution in [2.75, 3.05) is 6.54 Å². The van der Waals surface area contributed by atoms with Gasteiger partial charge in [-0.2, -0.15) is 0 Å². The molecular weight excluding hydrogens is 262 g/mol. The molecule has 5 N–H and O–H groups in total. The lowest BCUT2D eigenvalue weighted by Gasteiger charge is -2.28. The summed E-state index contributed by atoms with van der Waals surface area (Å²) in [5.74, 6) is -1.42. The molecule has 1 rings (SSSR count). The van der Waals surface area contributed by atoms with Crippen LogP contribution in [0.4, 0.5) is 4.79 Å². The quantitative estimate of drug-likeness (QED) is 0.511. The second kappa shape index (κ2) is 8.39. The van der Waals surface area contributed by atoms with Crippen LogP contribution in [0.3, 0.4) is 0 Å². The minimum Gasteiger partial charge on any atom is -0.480 e. The van der Waals surface area contributed by atoms with E-state index in [9.17, 15) is 19.5 Å². The van der Waals surface area contributed by atoms with Crippen LogP contribution in [0.2, 0.25) is 0 Å². The molecule has 0 aromatic heterocycles. The van der Waals surface area contributed by atoms with E-state index < -0.39 is 23.9 Å². The molecule has 1 unspecified atom stereocenters. The topological polar surface area (TPSA) is 122 Å². The first kappa shape index (κ1) is 16.3. The Balaban J connectivity index is 2.35. The SMILES string of the molecule is NC(=O)CCCNC(=O)NC(C(=O)O)C1CCCCC1. The minimum atomic E-state index is -0.996. The van der Waals surface area contributed by atoms with Crippen LogP contribution in [0.25, 0.3) is 0 Å². The number of aliphatic carboxylic acids is 1. The Morgan fingerprint density at radius 1 is 1.20 bits per heavy atom. The van der Waals surface area contributed by atoms with Gasteiger partial charge in [0.2, 0.25) is 5.91 Å². The number of hydrogen-bond acceptors (Lipinski definition) is 3. The van der Waals surface area contributed by atoms with E-state index in [-0.39, 0.29) is 12.3 Å². The number of nitrogens with two attached hydrogens (primary N) is 1. The van der Waals surface area contributed by atoms with Crippen LogP contribution in [0, 0.1) is 5.92 Å². The van der Waals surface area contributed by atoms with Crippen LogP contribution in [0.1, 0.15) is 44.9 Å². The molecule has 1 saturated carbocycles. The third-order valence-electron chi connectivity index (χ3n) is 3.56. The molecule has 20 heavy (non-hydrogen) atoms. The number of rotatable bonds is 7. The zero-order valence-electron chi connectivity index (χ0n) is 11.6. The number of nitrogens with one attached hydrogen (secondary N) is 2. The van der Waals surface area contributed by atoms with Gasteiger partial charge in [0.15, 0.2) is 0 Å². The Labute approximate surface area is 118 Å². The fourth-order valence-electron chi connectivity index (χ4n) is 2.51. The van der Waals surface area contributed by atoms with E-state index in [2.05, 4.69) is 10.6 Å². The lowest BCUT2D eigenvalue weighted by atomic mass is 9.84. The molecule has 7 heteroatoms. The average Bonchev–Trinajstić information content (AvgIpc) is 2.41. The first-order valence-corrected chi connectivity index (χ1v) is 7.06. The van der Waals surface area contributed by atoms with Crippen LogP contribution >= 0.6 is 0 Å². The van der Waals surface area contributed by atoms with Crippen molar-refractivity contribution in [3.8, 4) is 0 Å². The summed E-state index contributed by atoms with van der Waals surface area (Å²) in [5, 5.41) is 14.3. The summed E-state index contributed by atoms with van der Waals surface area (Å²) >= 11 is 0. The molecule has 0 bridgehead atoms. The summed E-state index contributed by atoms with van der Waals surface area (Å²) in [6.45, 7) is 0.297. The molecule has 1 fully saturated rings. The normalized spacial score (nSPS) is 17.2. The molecule has 1 aliphatic carbocycles. The third kappa shape index (κ3) is 5.90. The van der Waals surface area contributed by atoms with Gasteiger partial charge < -0.3 is 21.5 Å². The summed E-state index contributed by atoms with van der Waals surface area (Å²) in [4.78, 5) is 33.4. The van der Waals surface area contributed by atoms with E-state index >= 15 is 0 Å². The van der Waals surface area contributed by atoms with Crippen molar-refractivity contribution in [2.45, 2.75) is 51.0 Å². The van der Waals surface area contributed by atoms with E-state index in [1.807, 2.05) is 0 Å². The van der Waals surface area contributed by atoms with Crippen LogP contribution in [-0.4, -0.2) is 35.6 Å². The second-order valence-corrected chi connectivity index (χ2v) is 5.18. The van der Waals surface area contributed by atoms with Crippen molar-refractivity contribution in [3.63, 3.8) is 0 Å². The third-order valence-corrected chi connectivity index (χ3v) is 3.56. The van der Waals surface area contributed by atoms with Gasteiger partial charge >= 0.3 is 12.0 Å². The lowest BCUT2D eigenvalue weighted by Crippen LogP contribution is -2.50. The molecule has 0 heterocycles. The highest BCUT2D eigenvalue weighted by Crippen LogP contribution is 2.26. The Kier molecular flexibility index (Phi) is 6.83. The Morgan fingerprint density at radius 2 is 1.85 bits per heavy atom. The van der Waals surface area contributed by atoms with Crippen molar-refractivity contribution in [1.82, 2.24) is 10.6 Å². The summed E-state index contributed by atoms with van der Waals surface area (Å²) in [6.07, 6.45) is 5.46. The number of amides is 3. The Bertz CT molecular complexity index is 354. The van der Waals surface area contributed by atoms with Gasteiger partial charge in [0.05, 0.1) is 0 Å². The van der Waals surface area contributed by atoms with Crippen LogP contribution < -0.4 is 16.4 Å².